The fraction of sp³-hybridized carbons (Fsp3) is 0.176. The third kappa shape index (κ3) is 3.39. The van der Waals surface area contributed by atoms with E-state index in [1.807, 2.05) is 6.07 Å². The molecule has 0 fully saturated rings. The van der Waals surface area contributed by atoms with Gasteiger partial charge in [-0.1, -0.05) is 21.9 Å². The van der Waals surface area contributed by atoms with Gasteiger partial charge < -0.3 is 14.5 Å². The molecule has 0 saturated carbocycles. The van der Waals surface area contributed by atoms with Crippen LogP contribution >= 0.6 is 15.9 Å². The maximum Gasteiger partial charge on any atom is 0.266 e. The number of aryl methyl sites for hydroxylation is 1. The first kappa shape index (κ1) is 16.7. The highest BCUT2D eigenvalue weighted by atomic mass is 79.9. The molecule has 0 aliphatic heterocycles. The lowest BCUT2D eigenvalue weighted by atomic mass is 10.0. The van der Waals surface area contributed by atoms with Gasteiger partial charge in [0.1, 0.15) is 18.2 Å². The minimum absolute atomic E-state index is 0.0376. The Bertz CT molecular complexity index is 888. The summed E-state index contributed by atoms with van der Waals surface area (Å²) in [6, 6.07) is 7.07. The number of H-pyrrole nitrogens is 1. The SMILES string of the molecule is C#CCOc1cc(Br)c(-c2cc(C)[nH]c(=O)c2C#N)cc1OC. The van der Waals surface area contributed by atoms with Crippen molar-refractivity contribution in [3.05, 3.63) is 44.3 Å². The van der Waals surface area contributed by atoms with Crippen LogP contribution in [0.3, 0.4) is 0 Å². The van der Waals surface area contributed by atoms with Gasteiger partial charge in [0.25, 0.3) is 5.56 Å². The standard InChI is InChI=1S/C17H13BrN2O3/c1-4-5-23-16-8-14(18)12(7-15(16)22-3)11-6-10(2)20-17(21)13(11)9-19/h1,6-8H,5H2,2-3H3,(H,20,21). The second kappa shape index (κ2) is 7.04. The van der Waals surface area contributed by atoms with Crippen LogP contribution in [0.1, 0.15) is 11.3 Å². The fourth-order valence-corrected chi connectivity index (χ4v) is 2.68. The van der Waals surface area contributed by atoms with Crippen LogP contribution in [0.4, 0.5) is 0 Å². The quantitative estimate of drug-likeness (QED) is 0.837. The van der Waals surface area contributed by atoms with Gasteiger partial charge in [-0.25, -0.2) is 0 Å². The molecule has 0 aliphatic carbocycles. The summed E-state index contributed by atoms with van der Waals surface area (Å²) in [7, 11) is 1.50. The molecule has 23 heavy (non-hydrogen) atoms. The zero-order chi connectivity index (χ0) is 17.0. The van der Waals surface area contributed by atoms with E-state index in [2.05, 4.69) is 26.8 Å². The average Bonchev–Trinajstić information content (AvgIpc) is 2.52. The summed E-state index contributed by atoms with van der Waals surface area (Å²) in [4.78, 5) is 14.6. The highest BCUT2D eigenvalue weighted by molar-refractivity contribution is 9.10. The van der Waals surface area contributed by atoms with Crippen LogP contribution in [0, 0.1) is 30.6 Å². The van der Waals surface area contributed by atoms with Crippen LogP contribution in [-0.4, -0.2) is 18.7 Å². The third-order valence-corrected chi connectivity index (χ3v) is 3.79. The Labute approximate surface area is 142 Å². The predicted octanol–water partition coefficient (Wildman–Crippen LogP) is 3.01. The number of pyridine rings is 1. The van der Waals surface area contributed by atoms with Crippen molar-refractivity contribution in [3.63, 3.8) is 0 Å². The Morgan fingerprint density at radius 3 is 2.65 bits per heavy atom. The number of nitrogens with zero attached hydrogens (tertiary/aromatic N) is 1. The number of hydrogen-bond donors (Lipinski definition) is 1. The molecule has 0 amide bonds. The van der Waals surface area contributed by atoms with E-state index < -0.39 is 5.56 Å². The number of hydrogen-bond acceptors (Lipinski definition) is 4. The summed E-state index contributed by atoms with van der Waals surface area (Å²) < 4.78 is 11.4. The normalized spacial score (nSPS) is 9.78. The molecule has 116 valence electrons. The van der Waals surface area contributed by atoms with Crippen LogP contribution in [0.25, 0.3) is 11.1 Å². The second-order valence-electron chi connectivity index (χ2n) is 4.66. The first-order valence-corrected chi connectivity index (χ1v) is 7.39. The largest absolute Gasteiger partial charge is 0.493 e. The molecule has 1 N–H and O–H groups in total. The smallest absolute Gasteiger partial charge is 0.266 e. The Kier molecular flexibility index (Phi) is 5.10. The van der Waals surface area contributed by atoms with Gasteiger partial charge in [0.2, 0.25) is 0 Å². The number of nitrogens with one attached hydrogen (secondary N) is 1. The van der Waals surface area contributed by atoms with Crippen LogP contribution in [-0.2, 0) is 0 Å². The van der Waals surface area contributed by atoms with Crippen LogP contribution in [0.2, 0.25) is 0 Å². The van der Waals surface area contributed by atoms with Gasteiger partial charge in [0.15, 0.2) is 11.5 Å². The molecule has 0 bridgehead atoms. The zero-order valence-corrected chi connectivity index (χ0v) is 14.2. The minimum Gasteiger partial charge on any atom is -0.493 e. The van der Waals surface area contributed by atoms with Gasteiger partial charge in [-0.05, 0) is 25.1 Å². The van der Waals surface area contributed by atoms with Gasteiger partial charge >= 0.3 is 0 Å². The number of aromatic nitrogens is 1. The molecule has 1 aromatic carbocycles. The number of ether oxygens (including phenoxy) is 2. The Hall–Kier alpha value is -2.70. The van der Waals surface area contributed by atoms with E-state index in [0.717, 1.165) is 0 Å². The summed E-state index contributed by atoms with van der Waals surface area (Å²) >= 11 is 3.44. The van der Waals surface area contributed by atoms with E-state index in [0.29, 0.717) is 32.8 Å². The molecule has 0 aliphatic rings. The number of nitriles is 1. The van der Waals surface area contributed by atoms with Gasteiger partial charge in [-0.3, -0.25) is 4.79 Å². The van der Waals surface area contributed by atoms with Crippen LogP contribution < -0.4 is 15.0 Å². The van der Waals surface area contributed by atoms with E-state index in [-0.39, 0.29) is 12.2 Å². The summed E-state index contributed by atoms with van der Waals surface area (Å²) in [5.41, 5.74) is 1.43. The minimum atomic E-state index is -0.430. The van der Waals surface area contributed by atoms with E-state index in [4.69, 9.17) is 15.9 Å². The molecule has 2 aromatic rings. The lowest BCUT2D eigenvalue weighted by molar-refractivity contribution is 0.331. The van der Waals surface area contributed by atoms with Crippen molar-refractivity contribution in [2.75, 3.05) is 13.7 Å². The van der Waals surface area contributed by atoms with E-state index in [1.54, 1.807) is 25.1 Å². The highest BCUT2D eigenvalue weighted by Gasteiger charge is 2.16. The van der Waals surface area contributed by atoms with Crippen molar-refractivity contribution in [2.45, 2.75) is 6.92 Å². The number of methoxy groups -OCH3 is 1. The monoisotopic (exact) mass is 372 g/mol. The lowest BCUT2D eigenvalue weighted by Gasteiger charge is -2.14. The molecule has 1 heterocycles. The third-order valence-electron chi connectivity index (χ3n) is 3.13. The van der Waals surface area contributed by atoms with Crippen molar-refractivity contribution in [1.82, 2.24) is 4.98 Å². The Balaban J connectivity index is 2.69. The molecule has 0 spiro atoms. The molecule has 0 radical (unpaired) electrons. The van der Waals surface area contributed by atoms with E-state index in [1.165, 1.54) is 7.11 Å². The maximum atomic E-state index is 12.0. The van der Waals surface area contributed by atoms with E-state index >= 15 is 0 Å². The van der Waals surface area contributed by atoms with Gasteiger partial charge in [-0.2, -0.15) is 5.26 Å². The van der Waals surface area contributed by atoms with Gasteiger partial charge in [0, 0.05) is 21.3 Å². The molecule has 0 atom stereocenters. The first-order valence-electron chi connectivity index (χ1n) is 6.60. The highest BCUT2D eigenvalue weighted by Crippen LogP contribution is 2.39. The van der Waals surface area contributed by atoms with Gasteiger partial charge in [-0.15, -0.1) is 6.42 Å². The first-order chi connectivity index (χ1) is 11.0. The maximum absolute atomic E-state index is 12.0. The van der Waals surface area contributed by atoms with Crippen molar-refractivity contribution >= 4 is 15.9 Å². The molecule has 0 saturated heterocycles. The van der Waals surface area contributed by atoms with Crippen molar-refractivity contribution < 1.29 is 9.47 Å². The van der Waals surface area contributed by atoms with Gasteiger partial charge in [0.05, 0.1) is 7.11 Å². The molecular weight excluding hydrogens is 360 g/mol. The average molecular weight is 373 g/mol. The summed E-state index contributed by atoms with van der Waals surface area (Å²) in [5, 5.41) is 9.28. The molecule has 2 rings (SSSR count). The van der Waals surface area contributed by atoms with Crippen LogP contribution in [0.5, 0.6) is 11.5 Å². The number of aromatic amines is 1. The summed E-state index contributed by atoms with van der Waals surface area (Å²) in [6.45, 7) is 1.86. The molecule has 6 heteroatoms. The molecule has 5 nitrogen and oxygen atoms in total. The summed E-state index contributed by atoms with van der Waals surface area (Å²) in [5.74, 6) is 3.32. The lowest BCUT2D eigenvalue weighted by Crippen LogP contribution is -2.13. The summed E-state index contributed by atoms with van der Waals surface area (Å²) in [6.07, 6.45) is 5.20. The predicted molar refractivity (Wildman–Crippen MR) is 90.5 cm³/mol. The second-order valence-corrected chi connectivity index (χ2v) is 5.51. The number of benzene rings is 1. The fourth-order valence-electron chi connectivity index (χ4n) is 2.15. The Morgan fingerprint density at radius 2 is 2.04 bits per heavy atom. The van der Waals surface area contributed by atoms with Crippen molar-refractivity contribution in [2.24, 2.45) is 0 Å². The number of halogens is 1. The zero-order valence-electron chi connectivity index (χ0n) is 12.6. The van der Waals surface area contributed by atoms with Crippen molar-refractivity contribution in [1.29, 1.82) is 5.26 Å². The topological polar surface area (TPSA) is 75.1 Å². The molecule has 0 unspecified atom stereocenters. The van der Waals surface area contributed by atoms with Crippen molar-refractivity contribution in [3.8, 4) is 41.0 Å². The molecular formula is C17H13BrN2O3. The number of terminal acetylenes is 1. The molecule has 1 aromatic heterocycles. The Morgan fingerprint density at radius 1 is 1.30 bits per heavy atom. The van der Waals surface area contributed by atoms with E-state index in [9.17, 15) is 10.1 Å². The number of rotatable bonds is 4. The van der Waals surface area contributed by atoms with Crippen LogP contribution in [0.15, 0.2) is 27.5 Å².